The molecule has 3 rings (SSSR count). The van der Waals surface area contributed by atoms with E-state index in [1.165, 1.54) is 16.6 Å². The van der Waals surface area contributed by atoms with Crippen molar-refractivity contribution in [3.8, 4) is 5.75 Å². The van der Waals surface area contributed by atoms with E-state index in [0.717, 1.165) is 43.4 Å². The van der Waals surface area contributed by atoms with Crippen molar-refractivity contribution in [1.82, 2.24) is 4.98 Å². The Kier molecular flexibility index (Phi) is 5.41. The van der Waals surface area contributed by atoms with Crippen molar-refractivity contribution in [2.75, 3.05) is 13.2 Å². The topological polar surface area (TPSA) is 77.3 Å². The fourth-order valence-corrected chi connectivity index (χ4v) is 3.31. The molecule has 1 heterocycles. The van der Waals surface area contributed by atoms with Crippen molar-refractivity contribution in [2.24, 2.45) is 5.73 Å². The maximum Gasteiger partial charge on any atom is 0.305 e. The number of fused-ring (bicyclic) bond motifs is 3. The van der Waals surface area contributed by atoms with Gasteiger partial charge in [0.25, 0.3) is 0 Å². The largest absolute Gasteiger partial charge is 0.494 e. The van der Waals surface area contributed by atoms with Crippen molar-refractivity contribution in [3.05, 3.63) is 29.5 Å². The monoisotopic (exact) mass is 330 g/mol. The summed E-state index contributed by atoms with van der Waals surface area (Å²) in [7, 11) is 0. The molecule has 0 spiro atoms. The number of H-pyrrole nitrogens is 1. The molecular weight excluding hydrogens is 304 g/mol. The number of rotatable bonds is 7. The van der Waals surface area contributed by atoms with Crippen LogP contribution in [-0.2, 0) is 22.4 Å². The van der Waals surface area contributed by atoms with Gasteiger partial charge in [0.15, 0.2) is 0 Å². The molecule has 0 aliphatic heterocycles. The Morgan fingerprint density at radius 3 is 3.08 bits per heavy atom. The summed E-state index contributed by atoms with van der Waals surface area (Å²) in [6, 6.07) is 6.43. The van der Waals surface area contributed by atoms with Crippen LogP contribution in [0, 0.1) is 0 Å². The Labute approximate surface area is 142 Å². The lowest BCUT2D eigenvalue weighted by Crippen LogP contribution is -2.27. The minimum atomic E-state index is -0.130. The van der Waals surface area contributed by atoms with E-state index in [1.807, 2.05) is 13.0 Å². The van der Waals surface area contributed by atoms with Crippen LogP contribution >= 0.6 is 0 Å². The first-order chi connectivity index (χ1) is 11.7. The molecule has 0 saturated carbocycles. The fourth-order valence-electron chi connectivity index (χ4n) is 3.31. The molecule has 5 nitrogen and oxygen atoms in total. The van der Waals surface area contributed by atoms with E-state index in [4.69, 9.17) is 15.2 Å². The van der Waals surface area contributed by atoms with Gasteiger partial charge in [-0.3, -0.25) is 4.79 Å². The lowest BCUT2D eigenvalue weighted by molar-refractivity contribution is -0.143. The molecule has 1 atom stereocenters. The van der Waals surface area contributed by atoms with Gasteiger partial charge in [-0.25, -0.2) is 0 Å². The molecule has 0 fully saturated rings. The van der Waals surface area contributed by atoms with E-state index in [2.05, 4.69) is 17.1 Å². The molecule has 1 aliphatic carbocycles. The molecule has 1 aliphatic rings. The first kappa shape index (κ1) is 16.8. The molecule has 1 aromatic carbocycles. The van der Waals surface area contributed by atoms with E-state index in [-0.39, 0.29) is 12.0 Å². The van der Waals surface area contributed by atoms with E-state index in [9.17, 15) is 4.79 Å². The zero-order chi connectivity index (χ0) is 16.9. The number of nitrogens with one attached hydrogen (secondary N) is 1. The van der Waals surface area contributed by atoms with E-state index < -0.39 is 0 Å². The third-order valence-corrected chi connectivity index (χ3v) is 4.55. The van der Waals surface area contributed by atoms with Crippen molar-refractivity contribution in [2.45, 2.75) is 51.5 Å². The maximum absolute atomic E-state index is 11.3. The van der Waals surface area contributed by atoms with Crippen LogP contribution in [0.1, 0.15) is 43.9 Å². The van der Waals surface area contributed by atoms with Crippen molar-refractivity contribution < 1.29 is 14.3 Å². The number of aryl methyl sites for hydroxylation is 1. The number of aromatic nitrogens is 1. The second kappa shape index (κ2) is 7.71. The summed E-state index contributed by atoms with van der Waals surface area (Å²) in [6.07, 6.45) is 5.08. The van der Waals surface area contributed by atoms with Gasteiger partial charge in [-0.1, -0.05) is 0 Å². The minimum Gasteiger partial charge on any atom is -0.494 e. The highest BCUT2D eigenvalue weighted by atomic mass is 16.5. The van der Waals surface area contributed by atoms with Crippen molar-refractivity contribution in [1.29, 1.82) is 0 Å². The first-order valence-corrected chi connectivity index (χ1v) is 8.85. The third kappa shape index (κ3) is 3.90. The minimum absolute atomic E-state index is 0.130. The van der Waals surface area contributed by atoms with Gasteiger partial charge in [0.1, 0.15) is 5.75 Å². The normalized spacial score (nSPS) is 16.8. The molecule has 5 heteroatoms. The summed E-state index contributed by atoms with van der Waals surface area (Å²) in [4.78, 5) is 14.8. The number of unbranched alkanes of at least 4 members (excludes halogenated alkanes) is 1. The second-order valence-electron chi connectivity index (χ2n) is 6.40. The molecule has 0 saturated heterocycles. The Morgan fingerprint density at radius 1 is 1.38 bits per heavy atom. The summed E-state index contributed by atoms with van der Waals surface area (Å²) in [6.45, 7) is 2.88. The number of esters is 1. The van der Waals surface area contributed by atoms with Gasteiger partial charge < -0.3 is 20.2 Å². The quantitative estimate of drug-likeness (QED) is 0.604. The number of nitrogens with two attached hydrogens (primary N) is 1. The van der Waals surface area contributed by atoms with Crippen LogP contribution in [0.15, 0.2) is 18.2 Å². The zero-order valence-electron chi connectivity index (χ0n) is 14.3. The predicted octanol–water partition coefficient (Wildman–Crippen LogP) is 3.10. The van der Waals surface area contributed by atoms with Gasteiger partial charge in [-0.05, 0) is 62.8 Å². The van der Waals surface area contributed by atoms with Crippen LogP contribution < -0.4 is 10.5 Å². The van der Waals surface area contributed by atoms with E-state index >= 15 is 0 Å². The van der Waals surface area contributed by atoms with Gasteiger partial charge in [0.2, 0.25) is 0 Å². The van der Waals surface area contributed by atoms with Crippen LogP contribution in [0.5, 0.6) is 5.75 Å². The van der Waals surface area contributed by atoms with Crippen LogP contribution in [-0.4, -0.2) is 30.2 Å². The highest BCUT2D eigenvalue weighted by Crippen LogP contribution is 2.31. The lowest BCUT2D eigenvalue weighted by Gasteiger charge is -2.18. The number of benzene rings is 1. The summed E-state index contributed by atoms with van der Waals surface area (Å²) < 4.78 is 10.8. The highest BCUT2D eigenvalue weighted by molar-refractivity contribution is 5.86. The van der Waals surface area contributed by atoms with Crippen molar-refractivity contribution in [3.63, 3.8) is 0 Å². The van der Waals surface area contributed by atoms with Gasteiger partial charge in [0, 0.05) is 29.1 Å². The number of aromatic amines is 1. The Morgan fingerprint density at radius 2 is 2.25 bits per heavy atom. The molecule has 0 amide bonds. The summed E-state index contributed by atoms with van der Waals surface area (Å²) in [5, 5.41) is 1.23. The predicted molar refractivity (Wildman–Crippen MR) is 94.3 cm³/mol. The first-order valence-electron chi connectivity index (χ1n) is 8.85. The average Bonchev–Trinajstić information content (AvgIpc) is 2.92. The standard InChI is InChI=1S/C19H26N2O3/c1-2-23-19(22)5-3-4-10-24-14-7-9-18-16(12-14)15-11-13(20)6-8-17(15)21-18/h7,9,12-13,21H,2-6,8,10-11,20H2,1H3/t13-/m0/s1. The second-order valence-corrected chi connectivity index (χ2v) is 6.40. The van der Waals surface area contributed by atoms with Gasteiger partial charge in [0.05, 0.1) is 13.2 Å². The molecule has 0 unspecified atom stereocenters. The number of hydrogen-bond acceptors (Lipinski definition) is 4. The summed E-state index contributed by atoms with van der Waals surface area (Å²) in [5.41, 5.74) is 9.93. The molecule has 0 radical (unpaired) electrons. The Bertz CT molecular complexity index is 708. The molecular formula is C19H26N2O3. The lowest BCUT2D eigenvalue weighted by atomic mass is 9.92. The number of carbonyl (C=O) groups excluding carboxylic acids is 1. The summed E-state index contributed by atoms with van der Waals surface area (Å²) in [5.74, 6) is 0.744. The molecule has 2 aromatic rings. The SMILES string of the molecule is CCOC(=O)CCCCOc1ccc2[nH]c3c(c2c1)C[C@@H](N)CC3. The smallest absolute Gasteiger partial charge is 0.305 e. The highest BCUT2D eigenvalue weighted by Gasteiger charge is 2.20. The van der Waals surface area contributed by atoms with E-state index in [1.54, 1.807) is 0 Å². The fraction of sp³-hybridized carbons (Fsp3) is 0.526. The third-order valence-electron chi connectivity index (χ3n) is 4.55. The Hall–Kier alpha value is -2.01. The molecule has 1 aromatic heterocycles. The molecule has 3 N–H and O–H groups in total. The van der Waals surface area contributed by atoms with Crippen LogP contribution in [0.25, 0.3) is 10.9 Å². The number of ether oxygens (including phenoxy) is 2. The van der Waals surface area contributed by atoms with Crippen LogP contribution in [0.2, 0.25) is 0 Å². The van der Waals surface area contributed by atoms with E-state index in [0.29, 0.717) is 19.6 Å². The number of hydrogen-bond donors (Lipinski definition) is 2. The number of carbonyl (C=O) groups is 1. The summed E-state index contributed by atoms with van der Waals surface area (Å²) >= 11 is 0. The average molecular weight is 330 g/mol. The molecule has 0 bridgehead atoms. The maximum atomic E-state index is 11.3. The molecule has 130 valence electrons. The van der Waals surface area contributed by atoms with Crippen molar-refractivity contribution >= 4 is 16.9 Å². The molecule has 24 heavy (non-hydrogen) atoms. The Balaban J connectivity index is 1.56. The zero-order valence-corrected chi connectivity index (χ0v) is 14.3. The van der Waals surface area contributed by atoms with Gasteiger partial charge in [-0.15, -0.1) is 0 Å². The van der Waals surface area contributed by atoms with Gasteiger partial charge in [-0.2, -0.15) is 0 Å². The van der Waals surface area contributed by atoms with Gasteiger partial charge >= 0.3 is 5.97 Å². The van der Waals surface area contributed by atoms with Crippen LogP contribution in [0.3, 0.4) is 0 Å². The van der Waals surface area contributed by atoms with Crippen LogP contribution in [0.4, 0.5) is 0 Å².